The number of aryl methyl sites for hydroxylation is 1. The van der Waals surface area contributed by atoms with E-state index in [4.69, 9.17) is 21.7 Å². The van der Waals surface area contributed by atoms with Gasteiger partial charge in [0.1, 0.15) is 17.4 Å². The highest BCUT2D eigenvalue weighted by molar-refractivity contribution is 7.80. The van der Waals surface area contributed by atoms with Crippen molar-refractivity contribution in [2.75, 3.05) is 17.3 Å². The lowest BCUT2D eigenvalue weighted by atomic mass is 9.78. The Morgan fingerprint density at radius 1 is 1.09 bits per heavy atom. The molecule has 33 heavy (non-hydrogen) atoms. The summed E-state index contributed by atoms with van der Waals surface area (Å²) in [5.74, 6) is 0.730. The number of nitrogens with zero attached hydrogens (tertiary/aromatic N) is 1. The molecule has 2 N–H and O–H groups in total. The third kappa shape index (κ3) is 3.49. The van der Waals surface area contributed by atoms with E-state index in [1.54, 1.807) is 7.11 Å². The van der Waals surface area contributed by atoms with Gasteiger partial charge in [0.05, 0.1) is 13.2 Å². The molecule has 5 rings (SSSR count). The second-order valence-electron chi connectivity index (χ2n) is 8.44. The molecule has 168 valence electrons. The average Bonchev–Trinajstić information content (AvgIpc) is 2.80. The van der Waals surface area contributed by atoms with Gasteiger partial charge in [0.2, 0.25) is 5.91 Å². The third-order valence-corrected chi connectivity index (χ3v) is 6.70. The number of carbonyl (C=O) groups is 1. The summed E-state index contributed by atoms with van der Waals surface area (Å²) in [5.41, 5.74) is 2.50. The van der Waals surface area contributed by atoms with E-state index in [1.165, 1.54) is 0 Å². The zero-order valence-corrected chi connectivity index (χ0v) is 19.5. The highest BCUT2D eigenvalue weighted by Gasteiger charge is 2.59. The maximum Gasteiger partial charge on any atom is 0.236 e. The van der Waals surface area contributed by atoms with Gasteiger partial charge in [-0.25, -0.2) is 0 Å². The minimum absolute atomic E-state index is 0.157. The number of carbonyl (C=O) groups excluding carboxylic acids is 1. The Labute approximate surface area is 198 Å². The maximum absolute atomic E-state index is 13.8. The van der Waals surface area contributed by atoms with Crippen molar-refractivity contribution in [2.45, 2.75) is 25.6 Å². The fourth-order valence-corrected chi connectivity index (χ4v) is 5.21. The van der Waals surface area contributed by atoms with Crippen LogP contribution in [0, 0.1) is 12.8 Å². The molecular formula is C26H25N3O3S. The van der Waals surface area contributed by atoms with Crippen LogP contribution >= 0.6 is 12.2 Å². The van der Waals surface area contributed by atoms with Gasteiger partial charge in [-0.2, -0.15) is 0 Å². The lowest BCUT2D eigenvalue weighted by molar-refractivity contribution is -0.130. The predicted octanol–water partition coefficient (Wildman–Crippen LogP) is 4.80. The Morgan fingerprint density at radius 2 is 1.79 bits per heavy atom. The number of amides is 1. The van der Waals surface area contributed by atoms with Crippen LogP contribution < -0.4 is 25.0 Å². The van der Waals surface area contributed by atoms with Crippen molar-refractivity contribution in [1.82, 2.24) is 5.32 Å². The highest BCUT2D eigenvalue weighted by Crippen LogP contribution is 2.50. The van der Waals surface area contributed by atoms with E-state index in [0.717, 1.165) is 28.3 Å². The molecule has 1 amide bonds. The minimum atomic E-state index is -1.04. The average molecular weight is 460 g/mol. The van der Waals surface area contributed by atoms with Crippen LogP contribution in [0.3, 0.4) is 0 Å². The largest absolute Gasteiger partial charge is 0.497 e. The molecule has 6 nitrogen and oxygen atoms in total. The third-order valence-electron chi connectivity index (χ3n) is 6.40. The number of rotatable bonds is 4. The first kappa shape index (κ1) is 21.3. The fraction of sp³-hybridized carbons (Fsp3) is 0.231. The first-order valence-corrected chi connectivity index (χ1v) is 11.2. The summed E-state index contributed by atoms with van der Waals surface area (Å²) in [7, 11) is 1.61. The van der Waals surface area contributed by atoms with Crippen molar-refractivity contribution in [3.63, 3.8) is 0 Å². The topological polar surface area (TPSA) is 62.8 Å². The smallest absolute Gasteiger partial charge is 0.236 e. The van der Waals surface area contributed by atoms with Crippen LogP contribution in [0.2, 0.25) is 0 Å². The number of nitrogens with one attached hydrogen (secondary N) is 2. The van der Waals surface area contributed by atoms with Crippen LogP contribution in [0.15, 0.2) is 72.8 Å². The molecule has 2 bridgehead atoms. The Hall–Kier alpha value is -3.58. The number of thiocarbonyl (C=S) groups is 1. The number of benzene rings is 3. The van der Waals surface area contributed by atoms with Gasteiger partial charge in [0.15, 0.2) is 10.8 Å². The molecular weight excluding hydrogens is 434 g/mol. The van der Waals surface area contributed by atoms with Crippen LogP contribution in [0.1, 0.15) is 24.1 Å². The molecule has 2 aliphatic heterocycles. The van der Waals surface area contributed by atoms with Gasteiger partial charge in [0.25, 0.3) is 0 Å². The summed E-state index contributed by atoms with van der Waals surface area (Å²) in [6.07, 6.45) is 0. The van der Waals surface area contributed by atoms with Crippen LogP contribution in [0.4, 0.5) is 11.4 Å². The zero-order chi connectivity index (χ0) is 23.2. The molecule has 0 unspecified atom stereocenters. The molecule has 0 aliphatic carbocycles. The van der Waals surface area contributed by atoms with Crippen molar-refractivity contribution in [2.24, 2.45) is 5.92 Å². The minimum Gasteiger partial charge on any atom is -0.497 e. The Balaban J connectivity index is 1.60. The summed E-state index contributed by atoms with van der Waals surface area (Å²) >= 11 is 5.81. The van der Waals surface area contributed by atoms with Crippen molar-refractivity contribution in [1.29, 1.82) is 0 Å². The van der Waals surface area contributed by atoms with E-state index in [0.29, 0.717) is 10.8 Å². The first-order chi connectivity index (χ1) is 15.9. The van der Waals surface area contributed by atoms with Crippen LogP contribution in [-0.4, -0.2) is 23.9 Å². The van der Waals surface area contributed by atoms with Crippen LogP contribution in [0.25, 0.3) is 0 Å². The summed E-state index contributed by atoms with van der Waals surface area (Å²) in [6, 6.07) is 22.7. The van der Waals surface area contributed by atoms with Crippen molar-refractivity contribution < 1.29 is 14.3 Å². The van der Waals surface area contributed by atoms with Gasteiger partial charge in [-0.3, -0.25) is 9.69 Å². The SMILES string of the molecule is COc1ccc(NC(=O)[C@@H]2[C@@H]3NC(=S)N(c4ccccc4C)[C@@]2(C)Oc2ccccc23)cc1. The number of fused-ring (bicyclic) bond motifs is 4. The zero-order valence-electron chi connectivity index (χ0n) is 18.7. The summed E-state index contributed by atoms with van der Waals surface area (Å²) in [5, 5.41) is 7.03. The Bertz CT molecular complexity index is 1230. The number of ether oxygens (including phenoxy) is 2. The van der Waals surface area contributed by atoms with Crippen molar-refractivity contribution in [3.8, 4) is 11.5 Å². The maximum atomic E-state index is 13.8. The second-order valence-corrected chi connectivity index (χ2v) is 8.83. The molecule has 0 spiro atoms. The van der Waals surface area contributed by atoms with E-state index in [-0.39, 0.29) is 11.9 Å². The lowest BCUT2D eigenvalue weighted by Crippen LogP contribution is -2.72. The van der Waals surface area contributed by atoms with Crippen molar-refractivity contribution in [3.05, 3.63) is 83.9 Å². The van der Waals surface area contributed by atoms with E-state index >= 15 is 0 Å². The molecule has 3 aromatic carbocycles. The van der Waals surface area contributed by atoms with Gasteiger partial charge in [-0.1, -0.05) is 36.4 Å². The monoisotopic (exact) mass is 459 g/mol. The number of para-hydroxylation sites is 2. The fourth-order valence-electron chi connectivity index (χ4n) is 4.80. The van der Waals surface area contributed by atoms with Gasteiger partial charge in [-0.05, 0) is 68.0 Å². The number of anilines is 2. The molecule has 1 saturated heterocycles. The molecule has 1 fully saturated rings. The van der Waals surface area contributed by atoms with Gasteiger partial charge in [0, 0.05) is 16.9 Å². The standard InChI is InChI=1S/C26H25N3O3S/c1-16-8-4-6-10-20(16)29-25(33)28-23-19-9-5-7-11-21(19)32-26(29,2)22(23)24(30)27-17-12-14-18(31-3)15-13-17/h4-15,22-23H,1-3H3,(H,27,30)(H,28,33)/t22-,23+,26-/m0/s1. The van der Waals surface area contributed by atoms with E-state index < -0.39 is 11.6 Å². The number of hydrogen-bond donors (Lipinski definition) is 2. The first-order valence-electron chi connectivity index (χ1n) is 10.8. The van der Waals surface area contributed by atoms with Crippen LogP contribution in [0.5, 0.6) is 11.5 Å². The number of methoxy groups -OCH3 is 1. The quantitative estimate of drug-likeness (QED) is 0.547. The normalized spacial score (nSPS) is 23.1. The number of hydrogen-bond acceptors (Lipinski definition) is 4. The molecule has 2 aliphatic rings. The Kier molecular flexibility index (Phi) is 5.21. The van der Waals surface area contributed by atoms with E-state index in [1.807, 2.05) is 91.5 Å². The predicted molar refractivity (Wildman–Crippen MR) is 133 cm³/mol. The van der Waals surface area contributed by atoms with Gasteiger partial charge in [-0.15, -0.1) is 0 Å². The second kappa shape index (κ2) is 8.08. The molecule has 0 saturated carbocycles. The van der Waals surface area contributed by atoms with Crippen molar-refractivity contribution >= 4 is 34.6 Å². The van der Waals surface area contributed by atoms with E-state index in [9.17, 15) is 4.79 Å². The summed E-state index contributed by atoms with van der Waals surface area (Å²) < 4.78 is 11.8. The lowest BCUT2D eigenvalue weighted by Gasteiger charge is -2.56. The molecule has 0 aromatic heterocycles. The summed E-state index contributed by atoms with van der Waals surface area (Å²) in [4.78, 5) is 15.7. The molecule has 7 heteroatoms. The highest BCUT2D eigenvalue weighted by atomic mass is 32.1. The summed E-state index contributed by atoms with van der Waals surface area (Å²) in [6.45, 7) is 3.96. The van der Waals surface area contributed by atoms with E-state index in [2.05, 4.69) is 10.6 Å². The van der Waals surface area contributed by atoms with Gasteiger partial charge < -0.3 is 20.1 Å². The molecule has 3 atom stereocenters. The van der Waals surface area contributed by atoms with Crippen LogP contribution in [-0.2, 0) is 4.79 Å². The molecule has 0 radical (unpaired) electrons. The molecule has 3 aromatic rings. The Morgan fingerprint density at radius 3 is 2.52 bits per heavy atom. The molecule has 2 heterocycles. The van der Waals surface area contributed by atoms with Gasteiger partial charge >= 0.3 is 0 Å².